The lowest BCUT2D eigenvalue weighted by atomic mass is 10.2. The molecule has 0 aromatic heterocycles. The van der Waals surface area contributed by atoms with Crippen LogP contribution in [0.25, 0.3) is 0 Å². The van der Waals surface area contributed by atoms with Gasteiger partial charge in [0, 0.05) is 24.7 Å². The predicted molar refractivity (Wildman–Crippen MR) is 103 cm³/mol. The van der Waals surface area contributed by atoms with E-state index in [4.69, 9.17) is 9.47 Å². The summed E-state index contributed by atoms with van der Waals surface area (Å²) in [6, 6.07) is 11.3. The Morgan fingerprint density at radius 3 is 2.56 bits per heavy atom. The fourth-order valence-electron chi connectivity index (χ4n) is 2.42. The molecule has 8 nitrogen and oxygen atoms in total. The third-order valence-electron chi connectivity index (χ3n) is 3.62. The Labute approximate surface area is 157 Å². The number of para-hydroxylation sites is 2. The molecule has 0 saturated heterocycles. The minimum atomic E-state index is -0.450. The maximum absolute atomic E-state index is 12.3. The topological polar surface area (TPSA) is 103 Å². The zero-order valence-corrected chi connectivity index (χ0v) is 15.5. The van der Waals surface area contributed by atoms with Crippen LogP contribution in [0.2, 0.25) is 0 Å². The molecule has 0 spiro atoms. The molecular weight excluding hydrogens is 350 g/mol. The lowest BCUT2D eigenvalue weighted by Gasteiger charge is -2.14. The van der Waals surface area contributed by atoms with Crippen LogP contribution >= 0.6 is 0 Å². The molecule has 2 N–H and O–H groups in total. The second-order valence-corrected chi connectivity index (χ2v) is 5.99. The summed E-state index contributed by atoms with van der Waals surface area (Å²) in [5.74, 6) is 0.783. The van der Waals surface area contributed by atoms with Crippen molar-refractivity contribution in [3.63, 3.8) is 0 Å². The van der Waals surface area contributed by atoms with Gasteiger partial charge in [-0.3, -0.25) is 14.9 Å². The number of methoxy groups -OCH3 is 1. The smallest absolute Gasteiger partial charge is 0.292 e. The average molecular weight is 373 g/mol. The number of nitro groups is 1. The van der Waals surface area contributed by atoms with Crippen molar-refractivity contribution in [2.75, 3.05) is 25.5 Å². The van der Waals surface area contributed by atoms with Gasteiger partial charge in [0.15, 0.2) is 11.5 Å². The second kappa shape index (κ2) is 9.42. The van der Waals surface area contributed by atoms with Gasteiger partial charge in [0.1, 0.15) is 5.69 Å². The van der Waals surface area contributed by atoms with Crippen LogP contribution in [0.3, 0.4) is 0 Å². The van der Waals surface area contributed by atoms with E-state index in [1.165, 1.54) is 13.2 Å². The van der Waals surface area contributed by atoms with Crippen molar-refractivity contribution in [3.05, 3.63) is 58.1 Å². The zero-order chi connectivity index (χ0) is 19.8. The first-order valence-corrected chi connectivity index (χ1v) is 8.52. The molecule has 0 fully saturated rings. The molecule has 0 unspecified atom stereocenters. The van der Waals surface area contributed by atoms with Gasteiger partial charge >= 0.3 is 0 Å². The van der Waals surface area contributed by atoms with E-state index >= 15 is 0 Å². The summed E-state index contributed by atoms with van der Waals surface area (Å²) < 4.78 is 10.9. The van der Waals surface area contributed by atoms with Gasteiger partial charge in [-0.1, -0.05) is 12.1 Å². The van der Waals surface area contributed by atoms with E-state index < -0.39 is 4.92 Å². The number of amides is 1. The Bertz CT molecular complexity index is 808. The van der Waals surface area contributed by atoms with Gasteiger partial charge in [-0.05, 0) is 38.1 Å². The van der Waals surface area contributed by atoms with E-state index in [0.717, 1.165) is 0 Å². The maximum atomic E-state index is 12.3. The molecule has 0 radical (unpaired) electrons. The van der Waals surface area contributed by atoms with E-state index in [-0.39, 0.29) is 17.7 Å². The van der Waals surface area contributed by atoms with Crippen LogP contribution in [0.15, 0.2) is 42.5 Å². The largest absolute Gasteiger partial charge is 0.493 e. The van der Waals surface area contributed by atoms with E-state index in [1.807, 2.05) is 13.8 Å². The van der Waals surface area contributed by atoms with E-state index in [2.05, 4.69) is 10.6 Å². The normalized spacial score (nSPS) is 10.4. The molecule has 2 rings (SSSR count). The predicted octanol–water partition coefficient (Wildman–Crippen LogP) is 3.23. The third kappa shape index (κ3) is 5.60. The summed E-state index contributed by atoms with van der Waals surface area (Å²) in [6.45, 7) is 4.47. The fraction of sp³-hybridized carbons (Fsp3) is 0.316. The Balaban J connectivity index is 1.92. The molecule has 1 amide bonds. The van der Waals surface area contributed by atoms with Gasteiger partial charge in [-0.2, -0.15) is 0 Å². The number of carbonyl (C=O) groups is 1. The first-order chi connectivity index (χ1) is 12.9. The number of rotatable bonds is 9. The van der Waals surface area contributed by atoms with Crippen molar-refractivity contribution in [2.24, 2.45) is 0 Å². The van der Waals surface area contributed by atoms with Crippen LogP contribution < -0.4 is 20.1 Å². The molecule has 2 aromatic carbocycles. The Hall–Kier alpha value is -3.29. The summed E-state index contributed by atoms with van der Waals surface area (Å²) in [7, 11) is 1.51. The highest BCUT2D eigenvalue weighted by molar-refractivity contribution is 5.94. The summed E-state index contributed by atoms with van der Waals surface area (Å²) in [6.07, 6.45) is -0.00769. The van der Waals surface area contributed by atoms with Crippen LogP contribution in [0.4, 0.5) is 11.4 Å². The molecular formula is C19H23N3O5. The van der Waals surface area contributed by atoms with Crippen molar-refractivity contribution in [1.82, 2.24) is 5.32 Å². The molecule has 0 saturated carbocycles. The first-order valence-electron chi connectivity index (χ1n) is 8.52. The van der Waals surface area contributed by atoms with Gasteiger partial charge in [0.2, 0.25) is 0 Å². The fourth-order valence-corrected chi connectivity index (χ4v) is 2.42. The monoisotopic (exact) mass is 373 g/mol. The van der Waals surface area contributed by atoms with Crippen molar-refractivity contribution in [2.45, 2.75) is 20.0 Å². The van der Waals surface area contributed by atoms with Crippen molar-refractivity contribution in [1.29, 1.82) is 0 Å². The summed E-state index contributed by atoms with van der Waals surface area (Å²) in [5, 5.41) is 16.7. The molecule has 0 aliphatic carbocycles. The number of hydrogen-bond donors (Lipinski definition) is 2. The highest BCUT2D eigenvalue weighted by Gasteiger charge is 2.13. The molecule has 2 aromatic rings. The van der Waals surface area contributed by atoms with Crippen molar-refractivity contribution in [3.8, 4) is 11.5 Å². The molecule has 0 heterocycles. The Kier molecular flexibility index (Phi) is 6.99. The minimum Gasteiger partial charge on any atom is -0.493 e. The lowest BCUT2D eigenvalue weighted by Crippen LogP contribution is -2.28. The number of nitrogens with one attached hydrogen (secondary N) is 2. The molecule has 0 atom stereocenters. The van der Waals surface area contributed by atoms with E-state index in [0.29, 0.717) is 35.8 Å². The lowest BCUT2D eigenvalue weighted by molar-refractivity contribution is -0.384. The number of benzene rings is 2. The van der Waals surface area contributed by atoms with Crippen molar-refractivity contribution < 1.29 is 19.2 Å². The summed E-state index contributed by atoms with van der Waals surface area (Å²) >= 11 is 0. The SMILES string of the molecule is COc1cc(C(=O)NCCNc2ccccc2[N+](=O)[O-])ccc1OC(C)C. The zero-order valence-electron chi connectivity index (χ0n) is 15.5. The van der Waals surface area contributed by atoms with Gasteiger partial charge in [-0.25, -0.2) is 0 Å². The number of nitro benzene ring substituents is 1. The van der Waals surface area contributed by atoms with Crippen LogP contribution in [0.1, 0.15) is 24.2 Å². The van der Waals surface area contributed by atoms with Gasteiger partial charge in [0.25, 0.3) is 11.6 Å². The molecule has 0 bridgehead atoms. The number of nitrogens with zero attached hydrogens (tertiary/aromatic N) is 1. The van der Waals surface area contributed by atoms with Gasteiger partial charge < -0.3 is 20.1 Å². The van der Waals surface area contributed by atoms with Crippen LogP contribution in [0.5, 0.6) is 11.5 Å². The molecule has 8 heteroatoms. The van der Waals surface area contributed by atoms with E-state index in [1.54, 1.807) is 36.4 Å². The minimum absolute atomic E-state index is 0.00527. The number of anilines is 1. The maximum Gasteiger partial charge on any atom is 0.292 e. The Morgan fingerprint density at radius 1 is 1.15 bits per heavy atom. The number of ether oxygens (including phenoxy) is 2. The van der Waals surface area contributed by atoms with Crippen LogP contribution in [-0.2, 0) is 0 Å². The van der Waals surface area contributed by atoms with Gasteiger partial charge in [0.05, 0.1) is 18.1 Å². The van der Waals surface area contributed by atoms with Crippen LogP contribution in [0, 0.1) is 10.1 Å². The average Bonchev–Trinajstić information content (AvgIpc) is 2.65. The Morgan fingerprint density at radius 2 is 1.89 bits per heavy atom. The van der Waals surface area contributed by atoms with Crippen molar-refractivity contribution >= 4 is 17.3 Å². The molecule has 144 valence electrons. The van der Waals surface area contributed by atoms with Gasteiger partial charge in [-0.15, -0.1) is 0 Å². The van der Waals surface area contributed by atoms with E-state index in [9.17, 15) is 14.9 Å². The summed E-state index contributed by atoms with van der Waals surface area (Å²) in [4.78, 5) is 22.8. The van der Waals surface area contributed by atoms with Crippen LogP contribution in [-0.4, -0.2) is 37.1 Å². The third-order valence-corrected chi connectivity index (χ3v) is 3.62. The molecule has 0 aliphatic heterocycles. The number of carbonyl (C=O) groups excluding carboxylic acids is 1. The molecule has 0 aliphatic rings. The summed E-state index contributed by atoms with van der Waals surface area (Å²) in [5.41, 5.74) is 0.844. The molecule has 27 heavy (non-hydrogen) atoms. The highest BCUT2D eigenvalue weighted by atomic mass is 16.6. The second-order valence-electron chi connectivity index (χ2n) is 5.99. The first kappa shape index (κ1) is 20.0. The highest BCUT2D eigenvalue weighted by Crippen LogP contribution is 2.29. The standard InChI is InChI=1S/C19H23N3O5/c1-13(2)27-17-9-8-14(12-18(17)26-3)19(23)21-11-10-20-15-6-4-5-7-16(15)22(24)25/h4-9,12-13,20H,10-11H2,1-3H3,(H,21,23). The quantitative estimate of drug-likeness (QED) is 0.397. The number of hydrogen-bond acceptors (Lipinski definition) is 6.